The summed E-state index contributed by atoms with van der Waals surface area (Å²) in [4.78, 5) is 48.0. The highest BCUT2D eigenvalue weighted by Crippen LogP contribution is 2.35. The van der Waals surface area contributed by atoms with Crippen molar-refractivity contribution in [2.24, 2.45) is 16.9 Å². The second kappa shape index (κ2) is 19.7. The van der Waals surface area contributed by atoms with Crippen LogP contribution in [0.1, 0.15) is 65.1 Å². The van der Waals surface area contributed by atoms with Crippen LogP contribution in [-0.4, -0.2) is 93.2 Å². The van der Waals surface area contributed by atoms with Crippen LogP contribution in [0.3, 0.4) is 0 Å². The van der Waals surface area contributed by atoms with E-state index in [-0.39, 0.29) is 40.5 Å². The number of hydrogen-bond donors (Lipinski definition) is 6. The molecule has 0 fully saturated rings. The van der Waals surface area contributed by atoms with Crippen LogP contribution in [0.5, 0.6) is 5.75 Å². The number of nitrogens with two attached hydrogens (primary N) is 2. The summed E-state index contributed by atoms with van der Waals surface area (Å²) in [5.41, 5.74) is 13.2. The molecule has 0 radical (unpaired) electrons. The Morgan fingerprint density at radius 3 is 1.93 bits per heavy atom. The number of carboxylic acid groups (broad SMARTS) is 2. The number of carbonyl (C=O) groups excluding carboxylic acids is 1. The fraction of sp³-hybridized carbons (Fsp3) is 0.351. The number of alkyl halides is 6. The van der Waals surface area contributed by atoms with Gasteiger partial charge in [-0.05, 0) is 56.3 Å². The number of nitrogen functional groups attached to an aromatic ring is 1. The van der Waals surface area contributed by atoms with Crippen molar-refractivity contribution in [1.82, 2.24) is 19.7 Å². The molecule has 4 aromatic rings. The lowest BCUT2D eigenvalue weighted by atomic mass is 9.89. The summed E-state index contributed by atoms with van der Waals surface area (Å²) in [5, 5.41) is 26.5. The van der Waals surface area contributed by atoms with E-state index in [1.807, 2.05) is 33.2 Å². The molecule has 1 atom stereocenters. The van der Waals surface area contributed by atoms with Crippen molar-refractivity contribution < 1.29 is 60.1 Å². The summed E-state index contributed by atoms with van der Waals surface area (Å²) in [6, 6.07) is 16.9. The number of nitrogens with zero attached hydrogens (tertiary/aromatic N) is 3. The average Bonchev–Trinajstić information content (AvgIpc) is 3.50. The number of aryl methyl sites for hydroxylation is 1. The molecule has 0 saturated carbocycles. The van der Waals surface area contributed by atoms with Crippen LogP contribution >= 0.6 is 0 Å². The molecule has 21 heteroatoms. The number of carbonyl (C=O) groups is 3. The minimum absolute atomic E-state index is 0.0648. The minimum atomic E-state index is -5.08. The Balaban J connectivity index is 0.000000707. The molecule has 316 valence electrons. The number of H-pyrrole nitrogens is 1. The lowest BCUT2D eigenvalue weighted by Gasteiger charge is -2.28. The van der Waals surface area contributed by atoms with Crippen LogP contribution in [0.15, 0.2) is 65.5 Å². The zero-order valence-corrected chi connectivity index (χ0v) is 31.8. The highest BCUT2D eigenvalue weighted by molar-refractivity contribution is 5.96. The van der Waals surface area contributed by atoms with Crippen LogP contribution in [0.4, 0.5) is 30.7 Å². The van der Waals surface area contributed by atoms with Crippen molar-refractivity contribution in [1.29, 1.82) is 5.41 Å². The molecule has 1 heterocycles. The highest BCUT2D eigenvalue weighted by Gasteiger charge is 2.39. The molecule has 1 unspecified atom stereocenters. The number of carboxylic acids is 2. The topological polar surface area (TPSA) is 231 Å². The Labute approximate surface area is 326 Å². The van der Waals surface area contributed by atoms with Gasteiger partial charge in [-0.15, -0.1) is 5.10 Å². The standard InChI is InChI=1S/C33H40FN7O3.2C2HF3O2/c1-6-20-15-24(28(34)27(17-20)44-19-33(2,3)18-40(4)5)25(16-21-11-13-22(14-12-21)29(35)36)31-38-32(43)41(39-31)26-10-8-7-9-23(26)30(37)42;2*3-2(4,5)1(6)7/h7-15,17,25H,6,16,18-19H2,1-5H3,(H3,35,36)(H2,37,42)(H,38,39,43);2*(H,6,7). The van der Waals surface area contributed by atoms with Gasteiger partial charge in [-0.25, -0.2) is 18.8 Å². The third kappa shape index (κ3) is 14.0. The van der Waals surface area contributed by atoms with Crippen LogP contribution in [0.25, 0.3) is 5.69 Å². The molecule has 3 aromatic carbocycles. The van der Waals surface area contributed by atoms with E-state index in [9.17, 15) is 35.9 Å². The Morgan fingerprint density at radius 1 is 0.931 bits per heavy atom. The molecule has 0 saturated heterocycles. The molecule has 1 amide bonds. The molecule has 8 N–H and O–H groups in total. The van der Waals surface area contributed by atoms with Crippen LogP contribution in [-0.2, 0) is 22.4 Å². The fourth-order valence-corrected chi connectivity index (χ4v) is 5.35. The van der Waals surface area contributed by atoms with Crippen molar-refractivity contribution in [3.63, 3.8) is 0 Å². The summed E-state index contributed by atoms with van der Waals surface area (Å²) in [6.45, 7) is 7.14. The summed E-state index contributed by atoms with van der Waals surface area (Å²) < 4.78 is 87.1. The number of ether oxygens (including phenoxy) is 1. The molecule has 0 aliphatic rings. The molecule has 1 aromatic heterocycles. The predicted molar refractivity (Wildman–Crippen MR) is 197 cm³/mol. The van der Waals surface area contributed by atoms with Gasteiger partial charge in [0.15, 0.2) is 11.6 Å². The van der Waals surface area contributed by atoms with E-state index < -0.39 is 47.6 Å². The second-order valence-electron chi connectivity index (χ2n) is 13.6. The predicted octanol–water partition coefficient (Wildman–Crippen LogP) is 5.25. The van der Waals surface area contributed by atoms with Gasteiger partial charge in [0, 0.05) is 23.1 Å². The number of amides is 1. The zero-order valence-electron chi connectivity index (χ0n) is 31.8. The maximum atomic E-state index is 16.5. The summed E-state index contributed by atoms with van der Waals surface area (Å²) in [5.74, 6) is -7.23. The van der Waals surface area contributed by atoms with E-state index in [4.69, 9.17) is 41.4 Å². The van der Waals surface area contributed by atoms with Crippen LogP contribution in [0, 0.1) is 16.6 Å². The number of hydrogen-bond acceptors (Lipinski definition) is 8. The lowest BCUT2D eigenvalue weighted by molar-refractivity contribution is -0.193. The molecule has 4 rings (SSSR count). The van der Waals surface area contributed by atoms with Crippen molar-refractivity contribution in [3.05, 3.63) is 111 Å². The largest absolute Gasteiger partial charge is 0.490 e. The van der Waals surface area contributed by atoms with Gasteiger partial charge in [0.1, 0.15) is 11.7 Å². The van der Waals surface area contributed by atoms with E-state index in [1.54, 1.807) is 42.5 Å². The van der Waals surface area contributed by atoms with Gasteiger partial charge in [-0.2, -0.15) is 31.0 Å². The van der Waals surface area contributed by atoms with Gasteiger partial charge in [-0.1, -0.05) is 63.2 Å². The summed E-state index contributed by atoms with van der Waals surface area (Å²) >= 11 is 0. The maximum Gasteiger partial charge on any atom is 0.490 e. The van der Waals surface area contributed by atoms with Gasteiger partial charge in [0.2, 0.25) is 0 Å². The normalized spacial score (nSPS) is 12.1. The van der Waals surface area contributed by atoms with E-state index in [1.165, 1.54) is 6.07 Å². The lowest BCUT2D eigenvalue weighted by Crippen LogP contribution is -2.33. The number of aliphatic carboxylic acids is 2. The van der Waals surface area contributed by atoms with Crippen molar-refractivity contribution in [3.8, 4) is 11.4 Å². The molecule has 0 aliphatic carbocycles. The molecule has 14 nitrogen and oxygen atoms in total. The number of para-hydroxylation sites is 1. The monoisotopic (exact) mass is 829 g/mol. The number of aromatic nitrogens is 3. The highest BCUT2D eigenvalue weighted by atomic mass is 19.4. The fourth-order valence-electron chi connectivity index (χ4n) is 5.35. The zero-order chi connectivity index (χ0) is 44.3. The van der Waals surface area contributed by atoms with Gasteiger partial charge < -0.3 is 31.3 Å². The Hall–Kier alpha value is -6.25. The average molecular weight is 830 g/mol. The Morgan fingerprint density at radius 2 is 1.47 bits per heavy atom. The maximum absolute atomic E-state index is 16.5. The summed E-state index contributed by atoms with van der Waals surface area (Å²) in [7, 11) is 3.96. The van der Waals surface area contributed by atoms with Gasteiger partial charge in [0.05, 0.1) is 23.8 Å². The minimum Gasteiger partial charge on any atom is -0.490 e. The SMILES string of the molecule is CCc1cc(OCC(C)(C)CN(C)C)c(F)c(C(Cc2ccc(C(=N)N)cc2)c2nn(-c3ccccc3C(N)=O)c(=O)[nH]2)c1.O=C(O)C(F)(F)F.O=C(O)C(F)(F)F. The molecule has 0 spiro atoms. The first-order valence-corrected chi connectivity index (χ1v) is 16.9. The number of halogens is 7. The number of benzene rings is 3. The first-order valence-electron chi connectivity index (χ1n) is 16.9. The van der Waals surface area contributed by atoms with Crippen LogP contribution < -0.4 is 21.9 Å². The van der Waals surface area contributed by atoms with Gasteiger partial charge >= 0.3 is 30.0 Å². The van der Waals surface area contributed by atoms with Crippen molar-refractivity contribution in [2.75, 3.05) is 27.2 Å². The third-order valence-electron chi connectivity index (χ3n) is 7.83. The first kappa shape index (κ1) is 47.9. The smallest absolute Gasteiger partial charge is 0.490 e. The quantitative estimate of drug-likeness (QED) is 0.0582. The Bertz CT molecular complexity index is 2110. The third-order valence-corrected chi connectivity index (χ3v) is 7.83. The number of rotatable bonds is 13. The van der Waals surface area contributed by atoms with Crippen molar-refractivity contribution in [2.45, 2.75) is 51.9 Å². The molecular formula is C37H42F7N7O7. The first-order chi connectivity index (χ1) is 26.7. The number of aromatic amines is 1. The van der Waals surface area contributed by atoms with E-state index >= 15 is 4.39 Å². The number of nitrogens with one attached hydrogen (secondary N) is 2. The van der Waals surface area contributed by atoms with E-state index in [0.717, 1.165) is 22.4 Å². The van der Waals surface area contributed by atoms with Gasteiger partial charge in [0.25, 0.3) is 5.91 Å². The number of primary amides is 1. The summed E-state index contributed by atoms with van der Waals surface area (Å²) in [6.07, 6.45) is -9.28. The molecular weight excluding hydrogens is 787 g/mol. The number of amidine groups is 1. The van der Waals surface area contributed by atoms with E-state index in [2.05, 4.69) is 28.8 Å². The molecule has 0 bridgehead atoms. The van der Waals surface area contributed by atoms with Gasteiger partial charge in [-0.3, -0.25) is 15.2 Å². The Kier molecular flexibility index (Phi) is 16.3. The van der Waals surface area contributed by atoms with Crippen LogP contribution in [0.2, 0.25) is 0 Å². The molecule has 0 aliphatic heterocycles. The van der Waals surface area contributed by atoms with E-state index in [0.29, 0.717) is 24.2 Å². The second-order valence-corrected chi connectivity index (χ2v) is 13.6. The van der Waals surface area contributed by atoms with Crippen molar-refractivity contribution >= 4 is 23.7 Å². The molecule has 58 heavy (non-hydrogen) atoms.